The normalized spacial score (nSPS) is 20.6. The van der Waals surface area contributed by atoms with Crippen LogP contribution in [0, 0.1) is 5.92 Å². The highest BCUT2D eigenvalue weighted by Gasteiger charge is 2.28. The van der Waals surface area contributed by atoms with Crippen molar-refractivity contribution in [2.24, 2.45) is 11.8 Å². The molecule has 1 aliphatic rings. The molecule has 0 saturated heterocycles. The molecule has 0 spiro atoms. The second-order valence-corrected chi connectivity index (χ2v) is 7.24. The van der Waals surface area contributed by atoms with Gasteiger partial charge in [-0.3, -0.25) is 15.6 Å². The minimum Gasteiger partial charge on any atom is -0.326 e. The van der Waals surface area contributed by atoms with Crippen molar-refractivity contribution in [3.05, 3.63) is 24.5 Å². The van der Waals surface area contributed by atoms with Gasteiger partial charge in [-0.2, -0.15) is 0 Å². The number of nitrogens with two attached hydrogens (primary N) is 1. The standard InChI is InChI=1S/C20H34N4O/c1-2-3-4-5-6-7-16-24(21)19-10-8-17(9-11-19)20(25)23-18-12-14-22-15-13-18/h12-15,17,19H,2-11,16,21H2,1H3,(H,22,23,25). The van der Waals surface area contributed by atoms with Gasteiger partial charge < -0.3 is 5.32 Å². The van der Waals surface area contributed by atoms with Crippen LogP contribution in [0.2, 0.25) is 0 Å². The van der Waals surface area contributed by atoms with Gasteiger partial charge >= 0.3 is 0 Å². The van der Waals surface area contributed by atoms with Crippen molar-refractivity contribution in [3.63, 3.8) is 0 Å². The number of hydrogen-bond donors (Lipinski definition) is 2. The molecule has 2 rings (SSSR count). The lowest BCUT2D eigenvalue weighted by molar-refractivity contribution is -0.121. The first kappa shape index (κ1) is 19.9. The number of anilines is 1. The Morgan fingerprint density at radius 3 is 2.44 bits per heavy atom. The van der Waals surface area contributed by atoms with Crippen molar-refractivity contribution < 1.29 is 4.79 Å². The van der Waals surface area contributed by atoms with E-state index < -0.39 is 0 Å². The summed E-state index contributed by atoms with van der Waals surface area (Å²) < 4.78 is 0. The maximum Gasteiger partial charge on any atom is 0.227 e. The van der Waals surface area contributed by atoms with Gasteiger partial charge in [-0.05, 0) is 44.2 Å². The molecule has 25 heavy (non-hydrogen) atoms. The second kappa shape index (κ2) is 11.2. The molecule has 5 nitrogen and oxygen atoms in total. The average Bonchev–Trinajstić information content (AvgIpc) is 2.65. The van der Waals surface area contributed by atoms with Gasteiger partial charge in [-0.25, -0.2) is 5.01 Å². The van der Waals surface area contributed by atoms with Crippen LogP contribution in [0.25, 0.3) is 0 Å². The molecule has 0 unspecified atom stereocenters. The Bertz CT molecular complexity index is 486. The zero-order valence-corrected chi connectivity index (χ0v) is 15.6. The molecule has 0 atom stereocenters. The van der Waals surface area contributed by atoms with Crippen molar-refractivity contribution in [1.82, 2.24) is 9.99 Å². The largest absolute Gasteiger partial charge is 0.326 e. The Kier molecular flexibility index (Phi) is 8.91. The van der Waals surface area contributed by atoms with Gasteiger partial charge in [-0.1, -0.05) is 39.0 Å². The number of pyridine rings is 1. The summed E-state index contributed by atoms with van der Waals surface area (Å²) >= 11 is 0. The minimum atomic E-state index is 0.104. The van der Waals surface area contributed by atoms with E-state index in [1.807, 2.05) is 17.1 Å². The van der Waals surface area contributed by atoms with Crippen LogP contribution < -0.4 is 11.2 Å². The van der Waals surface area contributed by atoms with Gasteiger partial charge in [0.1, 0.15) is 0 Å². The maximum atomic E-state index is 12.4. The molecule has 0 aromatic carbocycles. The topological polar surface area (TPSA) is 71.2 Å². The molecular formula is C20H34N4O. The van der Waals surface area contributed by atoms with Gasteiger partial charge in [-0.15, -0.1) is 0 Å². The number of aromatic nitrogens is 1. The summed E-state index contributed by atoms with van der Waals surface area (Å²) in [6, 6.07) is 4.08. The highest BCUT2D eigenvalue weighted by atomic mass is 16.1. The van der Waals surface area contributed by atoms with Crippen LogP contribution in [-0.4, -0.2) is 28.5 Å². The predicted molar refractivity (Wildman–Crippen MR) is 103 cm³/mol. The fraction of sp³-hybridized carbons (Fsp3) is 0.700. The first-order valence-corrected chi connectivity index (χ1v) is 9.93. The van der Waals surface area contributed by atoms with E-state index in [0.29, 0.717) is 6.04 Å². The molecule has 1 heterocycles. The summed E-state index contributed by atoms with van der Waals surface area (Å²) in [6.45, 7) is 3.22. The lowest BCUT2D eigenvalue weighted by atomic mass is 9.85. The molecule has 5 heteroatoms. The Balaban J connectivity index is 1.62. The van der Waals surface area contributed by atoms with Crippen LogP contribution in [0.15, 0.2) is 24.5 Å². The number of amides is 1. The first-order chi connectivity index (χ1) is 12.2. The summed E-state index contributed by atoms with van der Waals surface area (Å²) in [5, 5.41) is 5.02. The highest BCUT2D eigenvalue weighted by molar-refractivity contribution is 5.92. The summed E-state index contributed by atoms with van der Waals surface area (Å²) in [7, 11) is 0. The molecule has 0 aliphatic heterocycles. The van der Waals surface area contributed by atoms with Crippen LogP contribution in [0.5, 0.6) is 0 Å². The second-order valence-electron chi connectivity index (χ2n) is 7.24. The van der Waals surface area contributed by atoms with E-state index >= 15 is 0 Å². The minimum absolute atomic E-state index is 0.104. The van der Waals surface area contributed by atoms with Gasteiger partial charge in [0.2, 0.25) is 5.91 Å². The van der Waals surface area contributed by atoms with Gasteiger partial charge in [0, 0.05) is 36.6 Å². The Morgan fingerprint density at radius 2 is 1.76 bits per heavy atom. The number of hydrogen-bond acceptors (Lipinski definition) is 4. The van der Waals surface area contributed by atoms with E-state index in [0.717, 1.165) is 37.9 Å². The fourth-order valence-corrected chi connectivity index (χ4v) is 3.61. The molecule has 1 fully saturated rings. The third-order valence-corrected chi connectivity index (χ3v) is 5.25. The van der Waals surface area contributed by atoms with Gasteiger partial charge in [0.05, 0.1) is 0 Å². The van der Waals surface area contributed by atoms with E-state index in [2.05, 4.69) is 17.2 Å². The van der Waals surface area contributed by atoms with Gasteiger partial charge in [0.25, 0.3) is 0 Å². The molecule has 1 aliphatic carbocycles. The van der Waals surface area contributed by atoms with Crippen molar-refractivity contribution >= 4 is 11.6 Å². The molecule has 1 amide bonds. The average molecular weight is 347 g/mol. The predicted octanol–water partition coefficient (Wildman–Crippen LogP) is 4.12. The number of nitrogens with zero attached hydrogens (tertiary/aromatic N) is 2. The van der Waals surface area contributed by atoms with Crippen LogP contribution in [0.4, 0.5) is 5.69 Å². The van der Waals surface area contributed by atoms with E-state index in [9.17, 15) is 4.79 Å². The lowest BCUT2D eigenvalue weighted by Crippen LogP contribution is -2.44. The first-order valence-electron chi connectivity index (χ1n) is 9.93. The third-order valence-electron chi connectivity index (χ3n) is 5.25. The molecule has 1 aromatic rings. The molecule has 1 aromatic heterocycles. The highest BCUT2D eigenvalue weighted by Crippen LogP contribution is 2.27. The smallest absolute Gasteiger partial charge is 0.227 e. The summed E-state index contributed by atoms with van der Waals surface area (Å²) in [5.41, 5.74) is 0.825. The van der Waals surface area contributed by atoms with Crippen LogP contribution in [0.3, 0.4) is 0 Å². The number of carbonyl (C=O) groups excluding carboxylic acids is 1. The SMILES string of the molecule is CCCCCCCCN(N)C1CCC(C(=O)Nc2ccncc2)CC1. The Morgan fingerprint density at radius 1 is 1.12 bits per heavy atom. The zero-order chi connectivity index (χ0) is 17.9. The van der Waals surface area contributed by atoms with Crippen molar-refractivity contribution in [1.29, 1.82) is 0 Å². The van der Waals surface area contributed by atoms with Crippen LogP contribution >= 0.6 is 0 Å². The molecule has 3 N–H and O–H groups in total. The molecule has 140 valence electrons. The number of rotatable bonds is 10. The lowest BCUT2D eigenvalue weighted by Gasteiger charge is -2.33. The molecular weight excluding hydrogens is 312 g/mol. The summed E-state index contributed by atoms with van der Waals surface area (Å²) in [6.07, 6.45) is 15.0. The van der Waals surface area contributed by atoms with E-state index in [1.54, 1.807) is 12.4 Å². The fourth-order valence-electron chi connectivity index (χ4n) is 3.61. The number of carbonyl (C=O) groups is 1. The van der Waals surface area contributed by atoms with Crippen LogP contribution in [-0.2, 0) is 4.79 Å². The van der Waals surface area contributed by atoms with E-state index in [-0.39, 0.29) is 11.8 Å². The molecule has 0 radical (unpaired) electrons. The molecule has 1 saturated carbocycles. The van der Waals surface area contributed by atoms with Crippen LogP contribution in [0.1, 0.15) is 71.1 Å². The quantitative estimate of drug-likeness (QED) is 0.380. The van der Waals surface area contributed by atoms with Gasteiger partial charge in [0.15, 0.2) is 0 Å². The molecule has 0 bridgehead atoms. The van der Waals surface area contributed by atoms with E-state index in [4.69, 9.17) is 5.84 Å². The number of unbranched alkanes of at least 4 members (excludes halogenated alkanes) is 5. The van der Waals surface area contributed by atoms with Crippen molar-refractivity contribution in [2.45, 2.75) is 77.2 Å². The Labute approximate surface area is 152 Å². The van der Waals surface area contributed by atoms with Crippen molar-refractivity contribution in [2.75, 3.05) is 11.9 Å². The maximum absolute atomic E-state index is 12.4. The summed E-state index contributed by atoms with van der Waals surface area (Å²) in [5.74, 6) is 6.49. The Hall–Kier alpha value is -1.46. The van der Waals surface area contributed by atoms with Crippen molar-refractivity contribution in [3.8, 4) is 0 Å². The third kappa shape index (κ3) is 7.12. The summed E-state index contributed by atoms with van der Waals surface area (Å²) in [4.78, 5) is 16.3. The van der Waals surface area contributed by atoms with E-state index in [1.165, 1.54) is 38.5 Å². The number of nitrogens with one attached hydrogen (secondary N) is 1. The number of hydrazine groups is 1. The monoisotopic (exact) mass is 346 g/mol. The zero-order valence-electron chi connectivity index (χ0n) is 15.6.